The molecule has 0 amide bonds. The molecule has 156 valence electrons. The molecule has 0 unspecified atom stereocenters. The first-order valence-corrected chi connectivity index (χ1v) is 9.88. The van der Waals surface area contributed by atoms with E-state index in [1.807, 2.05) is 0 Å². The van der Waals surface area contributed by atoms with Crippen LogP contribution in [0.15, 0.2) is 63.7 Å². The number of carbonyl (C=O) groups excluding carboxylic acids is 1. The fourth-order valence-corrected chi connectivity index (χ4v) is 3.75. The van der Waals surface area contributed by atoms with Crippen molar-refractivity contribution in [3.8, 4) is 17.2 Å². The highest BCUT2D eigenvalue weighted by Gasteiger charge is 2.33. The van der Waals surface area contributed by atoms with E-state index in [2.05, 4.69) is 4.99 Å². The van der Waals surface area contributed by atoms with Crippen molar-refractivity contribution in [1.29, 1.82) is 0 Å². The van der Waals surface area contributed by atoms with Crippen LogP contribution in [0.5, 0.6) is 17.2 Å². The third-order valence-corrected chi connectivity index (χ3v) is 5.20. The van der Waals surface area contributed by atoms with E-state index in [1.165, 1.54) is 19.2 Å². The number of nitrogens with zero attached hydrogens (tertiary/aromatic N) is 1. The number of phenolic OH excluding ortho intramolecular Hbond substituents is 1. The van der Waals surface area contributed by atoms with Crippen LogP contribution in [-0.4, -0.2) is 42.1 Å². The number of aromatic hydroxyl groups is 1. The molecule has 3 rings (SSSR count). The second kappa shape index (κ2) is 9.41. The van der Waals surface area contributed by atoms with E-state index in [-0.39, 0.29) is 23.7 Å². The zero-order chi connectivity index (χ0) is 21.7. The fraction of sp³-hybridized carbons (Fsp3) is 0.182. The maximum Gasteiger partial charge on any atom is 0.344 e. The second-order valence-electron chi connectivity index (χ2n) is 6.10. The number of benzene rings is 2. The molecule has 8 heteroatoms. The zero-order valence-corrected chi connectivity index (χ0v) is 17.5. The van der Waals surface area contributed by atoms with Gasteiger partial charge in [-0.15, -0.1) is 0 Å². The van der Waals surface area contributed by atoms with E-state index in [0.717, 1.165) is 11.8 Å². The highest BCUT2D eigenvalue weighted by Crippen LogP contribution is 2.41. The number of carbonyl (C=O) groups is 1. The Morgan fingerprint density at radius 1 is 1.10 bits per heavy atom. The zero-order valence-electron chi connectivity index (χ0n) is 16.7. The van der Waals surface area contributed by atoms with Crippen molar-refractivity contribution < 1.29 is 29.2 Å². The Labute approximate surface area is 178 Å². The molecule has 30 heavy (non-hydrogen) atoms. The highest BCUT2D eigenvalue weighted by molar-refractivity contribution is 8.18. The number of hydrogen-bond acceptors (Lipinski definition) is 8. The molecule has 0 bridgehead atoms. The molecule has 7 nitrogen and oxygen atoms in total. The number of ether oxygens (including phenoxy) is 3. The number of thioether (sulfide) groups is 1. The topological polar surface area (TPSA) is 97.6 Å². The Kier molecular flexibility index (Phi) is 6.68. The molecule has 2 aromatic carbocycles. The number of esters is 1. The number of aliphatic hydroxyl groups is 1. The number of phenols is 1. The summed E-state index contributed by atoms with van der Waals surface area (Å²) in [4.78, 5) is 17.4. The Morgan fingerprint density at radius 2 is 1.83 bits per heavy atom. The molecule has 2 N–H and O–H groups in total. The Balaban J connectivity index is 2.04. The van der Waals surface area contributed by atoms with Crippen molar-refractivity contribution in [3.63, 3.8) is 0 Å². The van der Waals surface area contributed by atoms with Crippen LogP contribution in [0, 0.1) is 0 Å². The quantitative estimate of drug-likeness (QED) is 0.650. The molecule has 0 spiro atoms. The first-order valence-electron chi connectivity index (χ1n) is 9.07. The summed E-state index contributed by atoms with van der Waals surface area (Å²) >= 11 is 1.14. The van der Waals surface area contributed by atoms with Crippen LogP contribution in [0.4, 0.5) is 5.69 Å². The standard InChI is InChI=1S/C22H21NO6S/c1-4-29-22(26)19-20(25)18(11-13-5-8-15(24)12-17(13)28-3)30-21(19)23-14-6-9-16(27-2)10-7-14/h5-12,24-25H,4H2,1-3H3. The smallest absolute Gasteiger partial charge is 0.344 e. The second-order valence-corrected chi connectivity index (χ2v) is 7.13. The van der Waals surface area contributed by atoms with E-state index in [1.54, 1.807) is 50.4 Å². The van der Waals surface area contributed by atoms with E-state index in [9.17, 15) is 15.0 Å². The van der Waals surface area contributed by atoms with Crippen molar-refractivity contribution >= 4 is 34.5 Å². The number of aliphatic hydroxyl groups excluding tert-OH is 1. The largest absolute Gasteiger partial charge is 0.508 e. The first kappa shape index (κ1) is 21.3. The summed E-state index contributed by atoms with van der Waals surface area (Å²) in [6.45, 7) is 1.86. The monoisotopic (exact) mass is 427 g/mol. The van der Waals surface area contributed by atoms with Crippen molar-refractivity contribution in [3.05, 3.63) is 64.3 Å². The van der Waals surface area contributed by atoms with Gasteiger partial charge in [0.05, 0.1) is 31.4 Å². The molecule has 1 aliphatic heterocycles. The van der Waals surface area contributed by atoms with E-state index < -0.39 is 5.97 Å². The highest BCUT2D eigenvalue weighted by atomic mass is 32.2. The van der Waals surface area contributed by atoms with Gasteiger partial charge in [-0.2, -0.15) is 0 Å². The molecule has 0 fully saturated rings. The molecular formula is C22H21NO6S. The van der Waals surface area contributed by atoms with Crippen LogP contribution in [-0.2, 0) is 9.53 Å². The molecule has 0 atom stereocenters. The fourth-order valence-electron chi connectivity index (χ4n) is 2.73. The van der Waals surface area contributed by atoms with Crippen LogP contribution in [0.2, 0.25) is 0 Å². The van der Waals surface area contributed by atoms with E-state index in [0.29, 0.717) is 32.7 Å². The maximum atomic E-state index is 12.5. The first-order chi connectivity index (χ1) is 14.5. The average Bonchev–Trinajstić information content (AvgIpc) is 3.04. The number of methoxy groups -OCH3 is 2. The molecule has 0 aromatic heterocycles. The van der Waals surface area contributed by atoms with Crippen molar-refractivity contribution in [1.82, 2.24) is 0 Å². The molecule has 0 saturated carbocycles. The third-order valence-electron chi connectivity index (χ3n) is 4.18. The molecular weight excluding hydrogens is 406 g/mol. The van der Waals surface area contributed by atoms with Crippen molar-refractivity contribution in [2.75, 3.05) is 20.8 Å². The van der Waals surface area contributed by atoms with Gasteiger partial charge in [0.2, 0.25) is 0 Å². The van der Waals surface area contributed by atoms with Gasteiger partial charge >= 0.3 is 5.97 Å². The number of rotatable bonds is 6. The summed E-state index contributed by atoms with van der Waals surface area (Å²) < 4.78 is 15.5. The van der Waals surface area contributed by atoms with Gasteiger partial charge < -0.3 is 24.4 Å². The Morgan fingerprint density at radius 3 is 2.47 bits per heavy atom. The van der Waals surface area contributed by atoms with Gasteiger partial charge in [-0.05, 0) is 49.4 Å². The van der Waals surface area contributed by atoms with Gasteiger partial charge in [-0.1, -0.05) is 11.8 Å². The lowest BCUT2D eigenvalue weighted by Crippen LogP contribution is -2.12. The minimum absolute atomic E-state index is 0.00154. The summed E-state index contributed by atoms with van der Waals surface area (Å²) in [5.74, 6) is 0.287. The molecule has 1 heterocycles. The minimum Gasteiger partial charge on any atom is -0.508 e. The predicted molar refractivity (Wildman–Crippen MR) is 117 cm³/mol. The number of aliphatic imine (C=N–C) groups is 1. The van der Waals surface area contributed by atoms with E-state index >= 15 is 0 Å². The van der Waals surface area contributed by atoms with Gasteiger partial charge in [0.25, 0.3) is 0 Å². The Hall–Kier alpha value is -3.39. The SMILES string of the molecule is CCOC(=O)C1=C(O)C(=Cc2ccc(O)cc2OC)SC1=Nc1ccc(OC)cc1. The summed E-state index contributed by atoms with van der Waals surface area (Å²) in [6, 6.07) is 11.6. The van der Waals surface area contributed by atoms with Crippen molar-refractivity contribution in [2.24, 2.45) is 4.99 Å². The summed E-state index contributed by atoms with van der Waals surface area (Å²) in [5.41, 5.74) is 1.22. The van der Waals surface area contributed by atoms with Crippen LogP contribution in [0.1, 0.15) is 12.5 Å². The molecule has 1 aliphatic rings. The molecule has 0 radical (unpaired) electrons. The van der Waals surface area contributed by atoms with Crippen LogP contribution in [0.25, 0.3) is 6.08 Å². The van der Waals surface area contributed by atoms with Crippen molar-refractivity contribution in [2.45, 2.75) is 6.92 Å². The average molecular weight is 427 g/mol. The summed E-state index contributed by atoms with van der Waals surface area (Å²) in [6.07, 6.45) is 1.66. The molecule has 0 aliphatic carbocycles. The lowest BCUT2D eigenvalue weighted by Gasteiger charge is -2.06. The lowest BCUT2D eigenvalue weighted by molar-refractivity contribution is -0.138. The Bertz CT molecular complexity index is 1040. The molecule has 2 aromatic rings. The van der Waals surface area contributed by atoms with Gasteiger partial charge in [-0.3, -0.25) is 0 Å². The van der Waals surface area contributed by atoms with Gasteiger partial charge in [-0.25, -0.2) is 9.79 Å². The van der Waals surface area contributed by atoms with Gasteiger partial charge in [0.15, 0.2) is 0 Å². The summed E-state index contributed by atoms with van der Waals surface area (Å²) in [5, 5.41) is 20.7. The lowest BCUT2D eigenvalue weighted by atomic mass is 10.1. The van der Waals surface area contributed by atoms with Crippen LogP contribution in [0.3, 0.4) is 0 Å². The van der Waals surface area contributed by atoms with E-state index in [4.69, 9.17) is 14.2 Å². The normalized spacial score (nSPS) is 16.2. The summed E-state index contributed by atoms with van der Waals surface area (Å²) in [7, 11) is 3.05. The maximum absolute atomic E-state index is 12.5. The van der Waals surface area contributed by atoms with Crippen LogP contribution < -0.4 is 9.47 Å². The number of hydrogen-bond donors (Lipinski definition) is 2. The predicted octanol–water partition coefficient (Wildman–Crippen LogP) is 4.60. The molecule has 0 saturated heterocycles. The van der Waals surface area contributed by atoms with Gasteiger partial charge in [0.1, 0.15) is 33.6 Å². The third kappa shape index (κ3) is 4.60. The van der Waals surface area contributed by atoms with Crippen LogP contribution >= 0.6 is 11.8 Å². The minimum atomic E-state index is -0.657. The van der Waals surface area contributed by atoms with Gasteiger partial charge in [0, 0.05) is 11.6 Å².